The molecule has 0 bridgehead atoms. The van der Waals surface area contributed by atoms with Gasteiger partial charge in [0, 0.05) is 22.1 Å². The van der Waals surface area contributed by atoms with Crippen LogP contribution in [0.3, 0.4) is 0 Å². The second kappa shape index (κ2) is 2.83. The molecule has 1 aliphatic carbocycles. The fourth-order valence-electron chi connectivity index (χ4n) is 1.88. The predicted molar refractivity (Wildman–Crippen MR) is 57.9 cm³/mol. The first kappa shape index (κ1) is 8.48. The summed E-state index contributed by atoms with van der Waals surface area (Å²) in [5.41, 5.74) is 0.999. The van der Waals surface area contributed by atoms with Crippen molar-refractivity contribution in [1.29, 1.82) is 0 Å². The predicted octanol–water partition coefficient (Wildman–Crippen LogP) is 3.88. The van der Waals surface area contributed by atoms with Gasteiger partial charge in [-0.05, 0) is 40.9 Å². The summed E-state index contributed by atoms with van der Waals surface area (Å²) < 4.78 is 16.5. The van der Waals surface area contributed by atoms with Crippen molar-refractivity contribution in [3.63, 3.8) is 0 Å². The number of benzene rings is 1. The van der Waals surface area contributed by atoms with E-state index in [-0.39, 0.29) is 5.82 Å². The largest absolute Gasteiger partial charge is 0.343 e. The van der Waals surface area contributed by atoms with E-state index in [0.29, 0.717) is 11.4 Å². The number of hydrogen-bond acceptors (Lipinski definition) is 0. The van der Waals surface area contributed by atoms with Gasteiger partial charge in [-0.3, -0.25) is 0 Å². The van der Waals surface area contributed by atoms with E-state index in [0.717, 1.165) is 9.99 Å². The lowest BCUT2D eigenvalue weighted by Gasteiger charge is -2.01. The van der Waals surface area contributed by atoms with Gasteiger partial charge in [-0.2, -0.15) is 0 Å². The standard InChI is InChI=1S/C11H9BrFN/c12-8-6-14(7-4-5-7)10-3-1-2-9(13)11(8)10/h1-3,6-7H,4-5H2. The lowest BCUT2D eigenvalue weighted by atomic mass is 10.2. The molecule has 0 N–H and O–H groups in total. The number of nitrogens with zero attached hydrogens (tertiary/aromatic N) is 1. The highest BCUT2D eigenvalue weighted by Gasteiger charge is 2.25. The SMILES string of the molecule is Fc1cccc2c1c(Br)cn2C1CC1. The molecule has 0 saturated heterocycles. The van der Waals surface area contributed by atoms with Gasteiger partial charge < -0.3 is 4.57 Å². The highest BCUT2D eigenvalue weighted by atomic mass is 79.9. The van der Waals surface area contributed by atoms with Gasteiger partial charge in [-0.15, -0.1) is 0 Å². The summed E-state index contributed by atoms with van der Waals surface area (Å²) in [6, 6.07) is 5.83. The van der Waals surface area contributed by atoms with E-state index in [4.69, 9.17) is 0 Å². The maximum Gasteiger partial charge on any atom is 0.133 e. The van der Waals surface area contributed by atoms with Crippen LogP contribution in [-0.4, -0.2) is 4.57 Å². The normalized spacial score (nSPS) is 16.4. The number of rotatable bonds is 1. The highest BCUT2D eigenvalue weighted by molar-refractivity contribution is 9.10. The molecular formula is C11H9BrFN. The van der Waals surface area contributed by atoms with Crippen LogP contribution in [0.5, 0.6) is 0 Å². The van der Waals surface area contributed by atoms with E-state index in [1.807, 2.05) is 12.3 Å². The van der Waals surface area contributed by atoms with Gasteiger partial charge in [0.1, 0.15) is 5.82 Å². The summed E-state index contributed by atoms with van der Waals surface area (Å²) in [6.45, 7) is 0. The molecular weight excluding hydrogens is 245 g/mol. The maximum absolute atomic E-state index is 13.5. The quantitative estimate of drug-likeness (QED) is 0.727. The molecule has 1 aromatic heterocycles. The summed E-state index contributed by atoms with van der Waals surface area (Å²) in [7, 11) is 0. The van der Waals surface area contributed by atoms with Gasteiger partial charge in [-0.1, -0.05) is 6.07 Å². The molecule has 1 nitrogen and oxygen atoms in total. The first-order valence-electron chi connectivity index (χ1n) is 4.72. The van der Waals surface area contributed by atoms with Crippen LogP contribution in [-0.2, 0) is 0 Å². The van der Waals surface area contributed by atoms with E-state index in [1.165, 1.54) is 18.9 Å². The number of hydrogen-bond donors (Lipinski definition) is 0. The van der Waals surface area contributed by atoms with E-state index >= 15 is 0 Å². The van der Waals surface area contributed by atoms with Crippen LogP contribution in [0.2, 0.25) is 0 Å². The second-order valence-electron chi connectivity index (χ2n) is 3.75. The molecule has 1 heterocycles. The smallest absolute Gasteiger partial charge is 0.133 e. The Morgan fingerprint density at radius 3 is 2.86 bits per heavy atom. The Balaban J connectivity index is 2.37. The number of fused-ring (bicyclic) bond motifs is 1. The van der Waals surface area contributed by atoms with E-state index in [2.05, 4.69) is 20.5 Å². The van der Waals surface area contributed by atoms with Crippen molar-refractivity contribution in [2.75, 3.05) is 0 Å². The Morgan fingerprint density at radius 1 is 1.36 bits per heavy atom. The minimum absolute atomic E-state index is 0.145. The number of halogens is 2. The Morgan fingerprint density at radius 2 is 2.14 bits per heavy atom. The van der Waals surface area contributed by atoms with Crippen LogP contribution >= 0.6 is 15.9 Å². The fraction of sp³-hybridized carbons (Fsp3) is 0.273. The Hall–Kier alpha value is -0.830. The fourth-order valence-corrected chi connectivity index (χ4v) is 2.49. The average molecular weight is 254 g/mol. The zero-order valence-electron chi connectivity index (χ0n) is 7.50. The summed E-state index contributed by atoms with van der Waals surface area (Å²) in [5.74, 6) is -0.145. The molecule has 3 heteroatoms. The second-order valence-corrected chi connectivity index (χ2v) is 4.60. The van der Waals surface area contributed by atoms with Crippen LogP contribution < -0.4 is 0 Å². The van der Waals surface area contributed by atoms with Crippen LogP contribution in [0.1, 0.15) is 18.9 Å². The summed E-state index contributed by atoms with van der Waals surface area (Å²) in [4.78, 5) is 0. The van der Waals surface area contributed by atoms with Crippen molar-refractivity contribution in [3.8, 4) is 0 Å². The lowest BCUT2D eigenvalue weighted by molar-refractivity contribution is 0.639. The minimum Gasteiger partial charge on any atom is -0.343 e. The molecule has 0 aliphatic heterocycles. The van der Waals surface area contributed by atoms with Gasteiger partial charge in [0.05, 0.1) is 5.52 Å². The monoisotopic (exact) mass is 253 g/mol. The topological polar surface area (TPSA) is 4.93 Å². The molecule has 0 unspecified atom stereocenters. The van der Waals surface area contributed by atoms with E-state index in [1.54, 1.807) is 6.07 Å². The number of aromatic nitrogens is 1. The molecule has 2 aromatic rings. The van der Waals surface area contributed by atoms with Crippen molar-refractivity contribution in [1.82, 2.24) is 4.57 Å². The average Bonchev–Trinajstić information content (AvgIpc) is 2.93. The van der Waals surface area contributed by atoms with Crippen molar-refractivity contribution < 1.29 is 4.39 Å². The third-order valence-electron chi connectivity index (χ3n) is 2.70. The molecule has 0 radical (unpaired) electrons. The third-order valence-corrected chi connectivity index (χ3v) is 3.30. The third kappa shape index (κ3) is 1.12. The maximum atomic E-state index is 13.5. The van der Waals surface area contributed by atoms with Crippen LogP contribution in [0, 0.1) is 5.82 Å². The molecule has 1 fully saturated rings. The zero-order valence-corrected chi connectivity index (χ0v) is 9.09. The van der Waals surface area contributed by atoms with Crippen LogP contribution in [0.4, 0.5) is 4.39 Å². The minimum atomic E-state index is -0.145. The van der Waals surface area contributed by atoms with Crippen molar-refractivity contribution in [3.05, 3.63) is 34.7 Å². The lowest BCUT2D eigenvalue weighted by Crippen LogP contribution is -1.90. The molecule has 14 heavy (non-hydrogen) atoms. The molecule has 0 spiro atoms. The molecule has 1 aromatic carbocycles. The van der Waals surface area contributed by atoms with E-state index < -0.39 is 0 Å². The Bertz CT molecular complexity index is 499. The molecule has 0 atom stereocenters. The molecule has 3 rings (SSSR count). The van der Waals surface area contributed by atoms with Gasteiger partial charge in [0.25, 0.3) is 0 Å². The molecule has 1 saturated carbocycles. The first-order chi connectivity index (χ1) is 6.77. The van der Waals surface area contributed by atoms with Gasteiger partial charge >= 0.3 is 0 Å². The molecule has 72 valence electrons. The Labute approximate surface area is 89.7 Å². The molecule has 1 aliphatic rings. The van der Waals surface area contributed by atoms with Gasteiger partial charge in [-0.25, -0.2) is 4.39 Å². The van der Waals surface area contributed by atoms with Gasteiger partial charge in [0.15, 0.2) is 0 Å². The zero-order chi connectivity index (χ0) is 9.71. The van der Waals surface area contributed by atoms with Crippen molar-refractivity contribution >= 4 is 26.8 Å². The highest BCUT2D eigenvalue weighted by Crippen LogP contribution is 2.40. The Kier molecular flexibility index (Phi) is 1.71. The van der Waals surface area contributed by atoms with Crippen LogP contribution in [0.15, 0.2) is 28.9 Å². The summed E-state index contributed by atoms with van der Waals surface area (Å²) in [5, 5.41) is 0.708. The first-order valence-corrected chi connectivity index (χ1v) is 5.51. The van der Waals surface area contributed by atoms with Gasteiger partial charge in [0.2, 0.25) is 0 Å². The van der Waals surface area contributed by atoms with Crippen LogP contribution in [0.25, 0.3) is 10.9 Å². The van der Waals surface area contributed by atoms with Crippen molar-refractivity contribution in [2.24, 2.45) is 0 Å². The van der Waals surface area contributed by atoms with E-state index in [9.17, 15) is 4.39 Å². The van der Waals surface area contributed by atoms with Crippen molar-refractivity contribution in [2.45, 2.75) is 18.9 Å². The summed E-state index contributed by atoms with van der Waals surface area (Å²) in [6.07, 6.45) is 4.42. The summed E-state index contributed by atoms with van der Waals surface area (Å²) >= 11 is 3.40. The molecule has 0 amide bonds.